The Kier molecular flexibility index (Phi) is 9.31. The summed E-state index contributed by atoms with van der Waals surface area (Å²) in [5.74, 6) is 0.605. The zero-order valence-electron chi connectivity index (χ0n) is 15.3. The maximum atomic E-state index is 13.3. The molecule has 0 aliphatic carbocycles. The van der Waals surface area contributed by atoms with E-state index in [-0.39, 0.29) is 29.8 Å². The molecule has 0 bridgehead atoms. The molecular weight excluding hydrogens is 542 g/mol. The quantitative estimate of drug-likeness (QED) is 0.314. The summed E-state index contributed by atoms with van der Waals surface area (Å²) < 4.78 is 13.8. The Hall–Kier alpha value is -0.870. The van der Waals surface area contributed by atoms with Gasteiger partial charge in [0.05, 0.1) is 9.47 Å². The monoisotopic (exact) mass is 566 g/mol. The Morgan fingerprint density at radius 2 is 2.11 bits per heavy atom. The number of aliphatic imine (C=N–C) groups is 1. The third kappa shape index (κ3) is 6.60. The van der Waals surface area contributed by atoms with Crippen LogP contribution in [-0.2, 0) is 6.42 Å². The van der Waals surface area contributed by atoms with E-state index in [1.165, 1.54) is 11.1 Å². The fourth-order valence-electron chi connectivity index (χ4n) is 3.10. The van der Waals surface area contributed by atoms with Crippen molar-refractivity contribution in [1.82, 2.24) is 10.6 Å². The fourth-order valence-corrected chi connectivity index (χ4v) is 4.31. The maximum Gasteiger partial charge on any atom is 0.191 e. The number of benzene rings is 1. The lowest BCUT2D eigenvalue weighted by molar-refractivity contribution is 0.463. The Balaban J connectivity index is 0.00000261. The van der Waals surface area contributed by atoms with Crippen molar-refractivity contribution in [2.75, 3.05) is 31.6 Å². The minimum Gasteiger partial charge on any atom is -0.363 e. The molecule has 1 aliphatic rings. The van der Waals surface area contributed by atoms with Gasteiger partial charge in [0.2, 0.25) is 0 Å². The molecule has 1 aliphatic heterocycles. The first-order valence-corrected chi connectivity index (χ1v) is 10.5. The SMILES string of the molecule is CN=C(NCCc1ccc(F)c(Br)c1)NC1CCN(c2cccs2)CC1.I. The second kappa shape index (κ2) is 11.2. The standard InChI is InChI=1S/C19H24BrFN4S.HI/c1-22-19(23-9-6-14-4-5-17(21)16(20)13-14)24-15-7-10-25(11-8-15)18-3-2-12-26-18;/h2-5,12-13,15H,6-11H2,1H3,(H2,22,23,24);1H. The zero-order chi connectivity index (χ0) is 18.4. The first-order chi connectivity index (χ1) is 12.7. The highest BCUT2D eigenvalue weighted by Crippen LogP contribution is 2.24. The number of anilines is 1. The van der Waals surface area contributed by atoms with Crippen LogP contribution < -0.4 is 15.5 Å². The lowest BCUT2D eigenvalue weighted by atomic mass is 10.1. The average Bonchev–Trinajstić information content (AvgIpc) is 3.19. The predicted octanol–water partition coefficient (Wildman–Crippen LogP) is 4.64. The molecule has 1 saturated heterocycles. The summed E-state index contributed by atoms with van der Waals surface area (Å²) in [5.41, 5.74) is 1.09. The number of thiophene rings is 1. The van der Waals surface area contributed by atoms with Crippen LogP contribution in [0.2, 0.25) is 0 Å². The van der Waals surface area contributed by atoms with Crippen molar-refractivity contribution >= 4 is 62.2 Å². The summed E-state index contributed by atoms with van der Waals surface area (Å²) in [6.07, 6.45) is 3.02. The molecule has 0 radical (unpaired) electrons. The number of piperidine rings is 1. The van der Waals surface area contributed by atoms with Crippen molar-refractivity contribution in [3.05, 3.63) is 51.6 Å². The van der Waals surface area contributed by atoms with Gasteiger partial charge >= 0.3 is 0 Å². The Bertz CT molecular complexity index is 733. The minimum absolute atomic E-state index is 0. The topological polar surface area (TPSA) is 39.7 Å². The van der Waals surface area contributed by atoms with E-state index < -0.39 is 0 Å². The van der Waals surface area contributed by atoms with Crippen LogP contribution in [-0.4, -0.2) is 38.7 Å². The van der Waals surface area contributed by atoms with Gasteiger partial charge in [0, 0.05) is 32.7 Å². The summed E-state index contributed by atoms with van der Waals surface area (Å²) in [5, 5.41) is 10.4. The van der Waals surface area contributed by atoms with E-state index in [0.29, 0.717) is 10.5 Å². The van der Waals surface area contributed by atoms with Crippen LogP contribution >= 0.6 is 51.2 Å². The van der Waals surface area contributed by atoms with E-state index in [4.69, 9.17) is 0 Å². The predicted molar refractivity (Wildman–Crippen MR) is 127 cm³/mol. The van der Waals surface area contributed by atoms with Crippen LogP contribution in [0.4, 0.5) is 9.39 Å². The molecule has 2 N–H and O–H groups in total. The first kappa shape index (κ1) is 22.4. The van der Waals surface area contributed by atoms with Gasteiger partial charge in [-0.2, -0.15) is 0 Å². The molecule has 1 aromatic carbocycles. The molecule has 148 valence electrons. The molecule has 0 saturated carbocycles. The molecule has 1 aromatic heterocycles. The van der Waals surface area contributed by atoms with Crippen LogP contribution in [0.1, 0.15) is 18.4 Å². The van der Waals surface area contributed by atoms with Crippen LogP contribution in [0.15, 0.2) is 45.2 Å². The number of nitrogens with one attached hydrogen (secondary N) is 2. The van der Waals surface area contributed by atoms with Gasteiger partial charge in [-0.15, -0.1) is 35.3 Å². The fraction of sp³-hybridized carbons (Fsp3) is 0.421. The normalized spacial score (nSPS) is 15.4. The lowest BCUT2D eigenvalue weighted by Gasteiger charge is -2.33. The van der Waals surface area contributed by atoms with Gasteiger partial charge in [0.1, 0.15) is 5.82 Å². The number of rotatable bonds is 5. The Morgan fingerprint density at radius 1 is 1.33 bits per heavy atom. The highest BCUT2D eigenvalue weighted by atomic mass is 127. The molecule has 0 amide bonds. The number of guanidine groups is 1. The number of hydrogen-bond acceptors (Lipinski definition) is 3. The van der Waals surface area contributed by atoms with E-state index in [9.17, 15) is 4.39 Å². The number of halogens is 3. The third-order valence-corrected chi connectivity index (χ3v) is 6.10. The van der Waals surface area contributed by atoms with Gasteiger partial charge in [0.15, 0.2) is 5.96 Å². The summed E-state index contributed by atoms with van der Waals surface area (Å²) in [6.45, 7) is 2.89. The second-order valence-electron chi connectivity index (χ2n) is 6.35. The van der Waals surface area contributed by atoms with Gasteiger partial charge < -0.3 is 15.5 Å². The summed E-state index contributed by atoms with van der Waals surface area (Å²) in [6, 6.07) is 9.87. The van der Waals surface area contributed by atoms with Crippen LogP contribution in [0.5, 0.6) is 0 Å². The maximum absolute atomic E-state index is 13.3. The van der Waals surface area contributed by atoms with E-state index in [1.54, 1.807) is 18.4 Å². The van der Waals surface area contributed by atoms with Crippen LogP contribution in [0, 0.1) is 5.82 Å². The molecule has 2 heterocycles. The molecule has 0 spiro atoms. The summed E-state index contributed by atoms with van der Waals surface area (Å²) >= 11 is 5.03. The van der Waals surface area contributed by atoms with Gasteiger partial charge in [-0.1, -0.05) is 6.07 Å². The third-order valence-electron chi connectivity index (χ3n) is 4.57. The largest absolute Gasteiger partial charge is 0.363 e. The highest BCUT2D eigenvalue weighted by molar-refractivity contribution is 14.0. The lowest BCUT2D eigenvalue weighted by Crippen LogP contribution is -2.49. The highest BCUT2D eigenvalue weighted by Gasteiger charge is 2.20. The van der Waals surface area contributed by atoms with Gasteiger partial charge in [0.25, 0.3) is 0 Å². The number of nitrogens with zero attached hydrogens (tertiary/aromatic N) is 2. The molecular formula is C19H25BrFIN4S. The van der Waals surface area contributed by atoms with E-state index in [2.05, 4.69) is 54.0 Å². The molecule has 8 heteroatoms. The molecule has 4 nitrogen and oxygen atoms in total. The van der Waals surface area contributed by atoms with Crippen molar-refractivity contribution in [1.29, 1.82) is 0 Å². The van der Waals surface area contributed by atoms with Crippen molar-refractivity contribution in [2.45, 2.75) is 25.3 Å². The molecule has 2 aromatic rings. The second-order valence-corrected chi connectivity index (χ2v) is 8.13. The Morgan fingerprint density at radius 3 is 2.74 bits per heavy atom. The van der Waals surface area contributed by atoms with Crippen molar-refractivity contribution < 1.29 is 4.39 Å². The zero-order valence-corrected chi connectivity index (χ0v) is 20.0. The smallest absolute Gasteiger partial charge is 0.191 e. The van der Waals surface area contributed by atoms with E-state index in [0.717, 1.165) is 50.4 Å². The number of hydrogen-bond donors (Lipinski definition) is 2. The van der Waals surface area contributed by atoms with E-state index >= 15 is 0 Å². The Labute approximate surface area is 189 Å². The minimum atomic E-state index is -0.229. The molecule has 0 unspecified atom stereocenters. The van der Waals surface area contributed by atoms with E-state index in [1.807, 2.05) is 12.1 Å². The van der Waals surface area contributed by atoms with Crippen molar-refractivity contribution in [2.24, 2.45) is 4.99 Å². The first-order valence-electron chi connectivity index (χ1n) is 8.85. The van der Waals surface area contributed by atoms with Gasteiger partial charge in [-0.3, -0.25) is 4.99 Å². The summed E-state index contributed by atoms with van der Waals surface area (Å²) in [7, 11) is 1.80. The molecule has 27 heavy (non-hydrogen) atoms. The summed E-state index contributed by atoms with van der Waals surface area (Å²) in [4.78, 5) is 6.78. The van der Waals surface area contributed by atoms with Crippen molar-refractivity contribution in [3.63, 3.8) is 0 Å². The molecule has 0 atom stereocenters. The molecule has 1 fully saturated rings. The van der Waals surface area contributed by atoms with Crippen LogP contribution in [0.25, 0.3) is 0 Å². The van der Waals surface area contributed by atoms with Gasteiger partial charge in [-0.05, 0) is 70.4 Å². The van der Waals surface area contributed by atoms with Crippen molar-refractivity contribution in [3.8, 4) is 0 Å². The van der Waals surface area contributed by atoms with Crippen LogP contribution in [0.3, 0.4) is 0 Å². The van der Waals surface area contributed by atoms with Gasteiger partial charge in [-0.25, -0.2) is 4.39 Å². The molecule has 3 rings (SSSR count). The average molecular weight is 567 g/mol.